The molecule has 160 valence electrons. The zero-order chi connectivity index (χ0) is 21.6. The van der Waals surface area contributed by atoms with Crippen LogP contribution in [0.3, 0.4) is 0 Å². The van der Waals surface area contributed by atoms with E-state index < -0.39 is 0 Å². The maximum atomic E-state index is 12.7. The number of aromatic nitrogens is 2. The molecule has 0 bridgehead atoms. The summed E-state index contributed by atoms with van der Waals surface area (Å²) in [5.74, 6) is 2.33. The number of H-pyrrole nitrogens is 1. The fourth-order valence-corrected chi connectivity index (χ4v) is 4.04. The van der Waals surface area contributed by atoms with Gasteiger partial charge in [0.05, 0.1) is 13.2 Å². The van der Waals surface area contributed by atoms with Gasteiger partial charge in [-0.05, 0) is 60.4 Å². The van der Waals surface area contributed by atoms with Crippen molar-refractivity contribution in [2.24, 2.45) is 0 Å². The number of nitrogens with zero attached hydrogens (tertiary/aromatic N) is 2. The second-order valence-electron chi connectivity index (χ2n) is 7.96. The summed E-state index contributed by atoms with van der Waals surface area (Å²) in [5.41, 5.74) is 5.68. The van der Waals surface area contributed by atoms with Crippen LogP contribution in [0.5, 0.6) is 0 Å². The van der Waals surface area contributed by atoms with Gasteiger partial charge in [0.15, 0.2) is 5.82 Å². The highest BCUT2D eigenvalue weighted by atomic mass is 16.5. The summed E-state index contributed by atoms with van der Waals surface area (Å²) in [4.78, 5) is 22.1. The first-order valence-electron chi connectivity index (χ1n) is 10.8. The summed E-state index contributed by atoms with van der Waals surface area (Å²) in [6, 6.07) is 6.15. The Morgan fingerprint density at radius 3 is 2.87 bits per heavy atom. The van der Waals surface area contributed by atoms with Gasteiger partial charge in [-0.2, -0.15) is 0 Å². The van der Waals surface area contributed by atoms with Gasteiger partial charge in [-0.3, -0.25) is 9.69 Å². The van der Waals surface area contributed by atoms with Gasteiger partial charge in [0, 0.05) is 37.1 Å². The lowest BCUT2D eigenvalue weighted by molar-refractivity contribution is 0.0444. The molecule has 0 atom stereocenters. The van der Waals surface area contributed by atoms with Crippen LogP contribution >= 0.6 is 0 Å². The minimum absolute atomic E-state index is 0.206. The van der Waals surface area contributed by atoms with E-state index in [2.05, 4.69) is 44.8 Å². The molecule has 1 amide bonds. The number of rotatable bonds is 6. The molecule has 0 radical (unpaired) electrons. The first kappa shape index (κ1) is 21.1. The number of ether oxygens (including phenoxy) is 1. The summed E-state index contributed by atoms with van der Waals surface area (Å²) < 4.78 is 5.45. The number of hydrogen-bond donors (Lipinski definition) is 2. The van der Waals surface area contributed by atoms with Crippen molar-refractivity contribution in [3.8, 4) is 12.3 Å². The Morgan fingerprint density at radius 1 is 1.32 bits per heavy atom. The largest absolute Gasteiger partial charge is 0.379 e. The topological polar surface area (TPSA) is 70.2 Å². The van der Waals surface area contributed by atoms with Crippen LogP contribution < -0.4 is 5.32 Å². The number of nitrogens with one attached hydrogen (secondary N) is 2. The van der Waals surface area contributed by atoms with Crippen LogP contribution in [0.2, 0.25) is 0 Å². The molecule has 1 saturated heterocycles. The van der Waals surface area contributed by atoms with E-state index in [4.69, 9.17) is 11.2 Å². The molecule has 1 aliphatic heterocycles. The first-order chi connectivity index (χ1) is 15.1. The third-order valence-corrected chi connectivity index (χ3v) is 5.77. The van der Waals surface area contributed by atoms with Crippen LogP contribution in [0.4, 0.5) is 5.69 Å². The summed E-state index contributed by atoms with van der Waals surface area (Å²) in [7, 11) is 0. The Hall–Kier alpha value is -3.14. The molecule has 6 nitrogen and oxygen atoms in total. The quantitative estimate of drug-likeness (QED) is 0.700. The Bertz CT molecular complexity index is 1040. The minimum atomic E-state index is -0.306. The van der Waals surface area contributed by atoms with Crippen molar-refractivity contribution in [3.05, 3.63) is 59.7 Å². The Kier molecular flexibility index (Phi) is 6.66. The average Bonchev–Trinajstić information content (AvgIpc) is 3.30. The van der Waals surface area contributed by atoms with Gasteiger partial charge in [0.2, 0.25) is 0 Å². The maximum absolute atomic E-state index is 12.7. The predicted octanol–water partition coefficient (Wildman–Crippen LogP) is 3.95. The number of aromatic amines is 1. The summed E-state index contributed by atoms with van der Waals surface area (Å²) in [5, 5.41) is 3.01. The second-order valence-corrected chi connectivity index (χ2v) is 7.96. The highest BCUT2D eigenvalue weighted by Gasteiger charge is 2.18. The number of imidazole rings is 1. The lowest BCUT2D eigenvalue weighted by atomic mass is 9.90. The average molecular weight is 417 g/mol. The van der Waals surface area contributed by atoms with E-state index >= 15 is 0 Å². The SMILES string of the molecule is C#Cc1c[nH]c(C(=O)Nc2ccc(C(=C)CN3CCOCC3)cc2C2=CCCCC2)n1. The fourth-order valence-electron chi connectivity index (χ4n) is 4.04. The van der Waals surface area contributed by atoms with E-state index in [1.807, 2.05) is 12.1 Å². The van der Waals surface area contributed by atoms with Gasteiger partial charge in [-0.25, -0.2) is 4.98 Å². The number of morpholine rings is 1. The highest BCUT2D eigenvalue weighted by molar-refractivity contribution is 6.03. The molecule has 0 spiro atoms. The zero-order valence-electron chi connectivity index (χ0n) is 17.7. The van der Waals surface area contributed by atoms with E-state index in [1.165, 1.54) is 12.0 Å². The maximum Gasteiger partial charge on any atom is 0.291 e. The fraction of sp³-hybridized carbons (Fsp3) is 0.360. The molecule has 2 heterocycles. The minimum Gasteiger partial charge on any atom is -0.379 e. The number of amides is 1. The summed E-state index contributed by atoms with van der Waals surface area (Å²) in [6.07, 6.45) is 13.6. The van der Waals surface area contributed by atoms with Crippen molar-refractivity contribution in [1.82, 2.24) is 14.9 Å². The number of terminal acetylenes is 1. The van der Waals surface area contributed by atoms with Crippen molar-refractivity contribution in [3.63, 3.8) is 0 Å². The number of carbonyl (C=O) groups is 1. The van der Waals surface area contributed by atoms with Crippen LogP contribution in [0.25, 0.3) is 11.1 Å². The van der Waals surface area contributed by atoms with Gasteiger partial charge in [0.25, 0.3) is 5.91 Å². The van der Waals surface area contributed by atoms with Gasteiger partial charge in [-0.1, -0.05) is 18.7 Å². The molecule has 31 heavy (non-hydrogen) atoms. The zero-order valence-corrected chi connectivity index (χ0v) is 17.7. The lowest BCUT2D eigenvalue weighted by Gasteiger charge is -2.27. The van der Waals surface area contributed by atoms with Crippen LogP contribution in [0.15, 0.2) is 37.1 Å². The smallest absolute Gasteiger partial charge is 0.291 e. The molecule has 1 aromatic heterocycles. The van der Waals surface area contributed by atoms with E-state index in [-0.39, 0.29) is 11.7 Å². The molecule has 6 heteroatoms. The van der Waals surface area contributed by atoms with Gasteiger partial charge < -0.3 is 15.0 Å². The van der Waals surface area contributed by atoms with Crippen molar-refractivity contribution < 1.29 is 9.53 Å². The van der Waals surface area contributed by atoms with Crippen molar-refractivity contribution in [2.75, 3.05) is 38.2 Å². The first-order valence-corrected chi connectivity index (χ1v) is 10.8. The Balaban J connectivity index is 1.58. The molecule has 1 aliphatic carbocycles. The monoisotopic (exact) mass is 416 g/mol. The Labute approximate surface area is 183 Å². The standard InChI is InChI=1S/C25H28N4O2/c1-3-21-16-26-24(27-21)25(30)28-23-10-9-20(15-22(23)19-7-5-4-6-8-19)18(2)17-29-11-13-31-14-12-29/h1,7,9-10,15-16H,2,4-6,8,11-14,17H2,(H,26,27)(H,28,30). The molecule has 1 fully saturated rings. The summed E-state index contributed by atoms with van der Waals surface area (Å²) >= 11 is 0. The number of anilines is 1. The predicted molar refractivity (Wildman–Crippen MR) is 124 cm³/mol. The van der Waals surface area contributed by atoms with Gasteiger partial charge >= 0.3 is 0 Å². The molecular weight excluding hydrogens is 388 g/mol. The molecular formula is C25H28N4O2. The third-order valence-electron chi connectivity index (χ3n) is 5.77. The number of benzene rings is 1. The second kappa shape index (κ2) is 9.78. The van der Waals surface area contributed by atoms with Crippen LogP contribution in [-0.2, 0) is 4.74 Å². The van der Waals surface area contributed by atoms with Gasteiger partial charge in [0.1, 0.15) is 5.69 Å². The normalized spacial score (nSPS) is 16.9. The third kappa shape index (κ3) is 5.13. The number of carbonyl (C=O) groups excluding carboxylic acids is 1. The molecule has 2 N–H and O–H groups in total. The van der Waals surface area contributed by atoms with Crippen molar-refractivity contribution in [1.29, 1.82) is 0 Å². The van der Waals surface area contributed by atoms with Crippen molar-refractivity contribution in [2.45, 2.75) is 25.7 Å². The number of allylic oxidation sites excluding steroid dienone is 2. The molecule has 2 aromatic rings. The highest BCUT2D eigenvalue weighted by Crippen LogP contribution is 2.34. The van der Waals surface area contributed by atoms with E-state index in [1.54, 1.807) is 6.20 Å². The van der Waals surface area contributed by atoms with Crippen molar-refractivity contribution >= 4 is 22.7 Å². The lowest BCUT2D eigenvalue weighted by Crippen LogP contribution is -2.37. The van der Waals surface area contributed by atoms with Gasteiger partial charge in [-0.15, -0.1) is 6.42 Å². The molecule has 2 aliphatic rings. The molecule has 0 unspecified atom stereocenters. The van der Waals surface area contributed by atoms with E-state index in [9.17, 15) is 4.79 Å². The van der Waals surface area contributed by atoms with E-state index in [0.717, 1.165) is 74.5 Å². The van der Waals surface area contributed by atoms with E-state index in [0.29, 0.717) is 5.69 Å². The molecule has 0 saturated carbocycles. The Morgan fingerprint density at radius 2 is 2.16 bits per heavy atom. The van der Waals surface area contributed by atoms with Crippen LogP contribution in [-0.4, -0.2) is 53.6 Å². The van der Waals surface area contributed by atoms with Crippen LogP contribution in [0, 0.1) is 12.3 Å². The number of hydrogen-bond acceptors (Lipinski definition) is 4. The molecule has 1 aromatic carbocycles. The van der Waals surface area contributed by atoms with Crippen LogP contribution in [0.1, 0.15) is 53.1 Å². The summed E-state index contributed by atoms with van der Waals surface area (Å²) in [6.45, 7) is 8.53. The molecule has 4 rings (SSSR count).